The van der Waals surface area contributed by atoms with Gasteiger partial charge in [0.2, 0.25) is 0 Å². The quantitative estimate of drug-likeness (QED) is 0.298. The number of para-hydroxylation sites is 1. The van der Waals surface area contributed by atoms with Gasteiger partial charge in [-0.2, -0.15) is 0 Å². The zero-order valence-corrected chi connectivity index (χ0v) is 22.4. The number of ether oxygens (including phenoxy) is 3. The maximum atomic E-state index is 12.6. The molecule has 1 heterocycles. The van der Waals surface area contributed by atoms with Crippen molar-refractivity contribution in [3.05, 3.63) is 82.2 Å². The Morgan fingerprint density at radius 2 is 1.76 bits per heavy atom. The summed E-state index contributed by atoms with van der Waals surface area (Å²) in [5, 5.41) is 6.24. The topological polar surface area (TPSA) is 98.3 Å². The van der Waals surface area contributed by atoms with Crippen LogP contribution < -0.4 is 24.8 Å². The molecule has 0 aliphatic carbocycles. The molecule has 2 N–H and O–H groups in total. The van der Waals surface area contributed by atoms with Gasteiger partial charge in [0, 0.05) is 5.69 Å². The summed E-state index contributed by atoms with van der Waals surface area (Å²) in [6.45, 7) is 4.44. The van der Waals surface area contributed by atoms with Gasteiger partial charge in [-0.05, 0) is 85.8 Å². The minimum absolute atomic E-state index is 0.250. The number of aliphatic imine (C=N–C) groups is 1. The summed E-state index contributed by atoms with van der Waals surface area (Å²) in [4.78, 5) is 29.8. The molecule has 4 rings (SSSR count). The summed E-state index contributed by atoms with van der Waals surface area (Å²) in [5.74, 6) is 0.767. The molecule has 10 heteroatoms. The second-order valence-corrected chi connectivity index (χ2v) is 9.31. The molecule has 0 spiro atoms. The van der Waals surface area contributed by atoms with Crippen LogP contribution in [0, 0.1) is 0 Å². The van der Waals surface area contributed by atoms with E-state index in [1.54, 1.807) is 30.3 Å². The number of amidine groups is 1. The predicted octanol–water partition coefficient (Wildman–Crippen LogP) is 6.05. The molecule has 1 fully saturated rings. The van der Waals surface area contributed by atoms with Gasteiger partial charge >= 0.3 is 0 Å². The molecule has 2 amide bonds. The molecule has 3 aromatic carbocycles. The first-order chi connectivity index (χ1) is 18.4. The monoisotopic (exact) mass is 551 g/mol. The van der Waals surface area contributed by atoms with Gasteiger partial charge in [-0.3, -0.25) is 9.59 Å². The van der Waals surface area contributed by atoms with E-state index in [1.165, 1.54) is 11.8 Å². The van der Waals surface area contributed by atoms with E-state index in [-0.39, 0.29) is 29.2 Å². The number of nitrogens with one attached hydrogen (secondary N) is 2. The van der Waals surface area contributed by atoms with E-state index in [2.05, 4.69) is 15.6 Å². The highest BCUT2D eigenvalue weighted by Gasteiger charge is 2.24. The third kappa shape index (κ3) is 7.30. The zero-order valence-electron chi connectivity index (χ0n) is 20.8. The number of hydrogen-bond acceptors (Lipinski definition) is 7. The van der Waals surface area contributed by atoms with Crippen LogP contribution in [-0.2, 0) is 9.59 Å². The van der Waals surface area contributed by atoms with Gasteiger partial charge in [-0.15, -0.1) is 0 Å². The molecule has 0 unspecified atom stereocenters. The number of anilines is 1. The normalized spacial score (nSPS) is 14.9. The molecule has 1 aliphatic heterocycles. The van der Waals surface area contributed by atoms with Crippen molar-refractivity contribution in [1.82, 2.24) is 5.32 Å². The maximum Gasteiger partial charge on any atom is 0.264 e. The molecular formula is C28H26ClN3O5S. The van der Waals surface area contributed by atoms with Crippen LogP contribution in [0.4, 0.5) is 11.4 Å². The summed E-state index contributed by atoms with van der Waals surface area (Å²) in [6.07, 6.45) is 1.70. The number of halogens is 1. The lowest BCUT2D eigenvalue weighted by molar-refractivity contribution is -0.118. The van der Waals surface area contributed by atoms with Crippen LogP contribution >= 0.6 is 23.4 Å². The van der Waals surface area contributed by atoms with Crippen molar-refractivity contribution in [2.45, 2.75) is 13.8 Å². The lowest BCUT2D eigenvalue weighted by Gasteiger charge is -2.14. The van der Waals surface area contributed by atoms with Crippen LogP contribution in [-0.4, -0.2) is 36.8 Å². The summed E-state index contributed by atoms with van der Waals surface area (Å²) in [5.41, 5.74) is 1.99. The number of thioether (sulfide) groups is 1. The first kappa shape index (κ1) is 27.1. The van der Waals surface area contributed by atoms with Crippen LogP contribution in [0.15, 0.2) is 76.6 Å². The van der Waals surface area contributed by atoms with E-state index in [4.69, 9.17) is 25.8 Å². The van der Waals surface area contributed by atoms with Gasteiger partial charge in [-0.25, -0.2) is 4.99 Å². The van der Waals surface area contributed by atoms with Crippen LogP contribution in [0.1, 0.15) is 19.4 Å². The second-order valence-electron chi connectivity index (χ2n) is 7.87. The van der Waals surface area contributed by atoms with Crippen LogP contribution in [0.3, 0.4) is 0 Å². The van der Waals surface area contributed by atoms with Crippen molar-refractivity contribution in [2.75, 3.05) is 25.1 Å². The first-order valence-electron chi connectivity index (χ1n) is 11.9. The minimum atomic E-state index is -0.334. The number of rotatable bonds is 10. The Kier molecular flexibility index (Phi) is 9.29. The largest absolute Gasteiger partial charge is 0.494 e. The molecule has 0 saturated carbocycles. The van der Waals surface area contributed by atoms with Gasteiger partial charge in [-0.1, -0.05) is 29.8 Å². The Hall–Kier alpha value is -3.95. The molecular weight excluding hydrogens is 526 g/mol. The first-order valence-corrected chi connectivity index (χ1v) is 13.1. The predicted molar refractivity (Wildman–Crippen MR) is 152 cm³/mol. The highest BCUT2D eigenvalue weighted by Crippen LogP contribution is 2.38. The van der Waals surface area contributed by atoms with Gasteiger partial charge < -0.3 is 24.8 Å². The SMILES string of the molecule is CCOc1ccc(N=C2NC(=O)/C(=C\c3cc(Cl)c(OCC(=O)Nc4ccccc4)c(OCC)c3)S2)cc1. The van der Waals surface area contributed by atoms with E-state index < -0.39 is 0 Å². The van der Waals surface area contributed by atoms with E-state index in [0.717, 1.165) is 5.75 Å². The van der Waals surface area contributed by atoms with E-state index in [9.17, 15) is 9.59 Å². The number of benzene rings is 3. The molecule has 0 aromatic heterocycles. The standard InChI is InChI=1S/C28H26ClN3O5S/c1-3-35-21-12-10-20(11-13-21)31-28-32-27(34)24(38-28)16-18-14-22(29)26(23(15-18)36-4-2)37-17-25(33)30-19-8-6-5-7-9-19/h5-16H,3-4,17H2,1-2H3,(H,30,33)(H,31,32,34)/b24-16+. The summed E-state index contributed by atoms with van der Waals surface area (Å²) >= 11 is 7.72. The Labute approximate surface area is 230 Å². The van der Waals surface area contributed by atoms with Gasteiger partial charge in [0.1, 0.15) is 5.75 Å². The number of carbonyl (C=O) groups is 2. The molecule has 0 radical (unpaired) electrons. The average molecular weight is 552 g/mol. The molecule has 196 valence electrons. The Bertz CT molecular complexity index is 1360. The van der Waals surface area contributed by atoms with E-state index >= 15 is 0 Å². The Morgan fingerprint density at radius 1 is 1.03 bits per heavy atom. The van der Waals surface area contributed by atoms with Crippen molar-refractivity contribution < 1.29 is 23.8 Å². The molecule has 1 saturated heterocycles. The summed E-state index contributed by atoms with van der Waals surface area (Å²) in [7, 11) is 0. The van der Waals surface area contributed by atoms with E-state index in [0.29, 0.717) is 46.0 Å². The van der Waals surface area contributed by atoms with Crippen molar-refractivity contribution in [1.29, 1.82) is 0 Å². The summed E-state index contributed by atoms with van der Waals surface area (Å²) in [6, 6.07) is 19.7. The molecule has 0 bridgehead atoms. The smallest absolute Gasteiger partial charge is 0.264 e. The fourth-order valence-electron chi connectivity index (χ4n) is 3.46. The molecule has 0 atom stereocenters. The molecule has 38 heavy (non-hydrogen) atoms. The number of carbonyl (C=O) groups excluding carboxylic acids is 2. The highest BCUT2D eigenvalue weighted by atomic mass is 35.5. The molecule has 3 aromatic rings. The second kappa shape index (κ2) is 13.0. The van der Waals surface area contributed by atoms with Crippen molar-refractivity contribution in [3.8, 4) is 17.2 Å². The lowest BCUT2D eigenvalue weighted by Crippen LogP contribution is -2.20. The zero-order chi connectivity index (χ0) is 26.9. The maximum absolute atomic E-state index is 12.6. The van der Waals surface area contributed by atoms with Crippen LogP contribution in [0.25, 0.3) is 6.08 Å². The minimum Gasteiger partial charge on any atom is -0.494 e. The number of hydrogen-bond donors (Lipinski definition) is 2. The fraction of sp³-hybridized carbons (Fsp3) is 0.179. The fourth-order valence-corrected chi connectivity index (χ4v) is 4.58. The molecule has 8 nitrogen and oxygen atoms in total. The van der Waals surface area contributed by atoms with Crippen LogP contribution in [0.5, 0.6) is 17.2 Å². The van der Waals surface area contributed by atoms with Crippen molar-refractivity contribution in [3.63, 3.8) is 0 Å². The molecule has 1 aliphatic rings. The van der Waals surface area contributed by atoms with Gasteiger partial charge in [0.15, 0.2) is 23.3 Å². The Balaban J connectivity index is 1.47. The van der Waals surface area contributed by atoms with Crippen LogP contribution in [0.2, 0.25) is 5.02 Å². The average Bonchev–Trinajstić information content (AvgIpc) is 3.23. The van der Waals surface area contributed by atoms with E-state index in [1.807, 2.05) is 56.3 Å². The third-order valence-electron chi connectivity index (χ3n) is 5.06. The van der Waals surface area contributed by atoms with Gasteiger partial charge in [0.25, 0.3) is 11.8 Å². The third-order valence-corrected chi connectivity index (χ3v) is 6.25. The highest BCUT2D eigenvalue weighted by molar-refractivity contribution is 8.18. The number of nitrogens with zero attached hydrogens (tertiary/aromatic N) is 1. The Morgan fingerprint density at radius 3 is 2.47 bits per heavy atom. The van der Waals surface area contributed by atoms with Gasteiger partial charge in [0.05, 0.1) is 28.8 Å². The lowest BCUT2D eigenvalue weighted by atomic mass is 10.2. The van der Waals surface area contributed by atoms with Crippen molar-refractivity contribution >= 4 is 57.8 Å². The summed E-state index contributed by atoms with van der Waals surface area (Å²) < 4.78 is 16.9. The van der Waals surface area contributed by atoms with Crippen molar-refractivity contribution in [2.24, 2.45) is 4.99 Å². The number of amides is 2.